The van der Waals surface area contributed by atoms with E-state index in [1.807, 2.05) is 6.92 Å². The van der Waals surface area contributed by atoms with Gasteiger partial charge >= 0.3 is 5.97 Å². The number of ether oxygens (including phenoxy) is 2. The average molecular weight is 468 g/mol. The van der Waals surface area contributed by atoms with Gasteiger partial charge in [0.25, 0.3) is 0 Å². The van der Waals surface area contributed by atoms with Crippen molar-refractivity contribution in [2.45, 2.75) is 95.3 Å². The summed E-state index contributed by atoms with van der Waals surface area (Å²) < 4.78 is 40.5. The summed E-state index contributed by atoms with van der Waals surface area (Å²) >= 11 is 0. The Hall–Kier alpha value is -1.64. The second-order valence-corrected chi connectivity index (χ2v) is 11.8. The number of benzene rings is 1. The summed E-state index contributed by atoms with van der Waals surface area (Å²) in [5.74, 6) is 0.0178. The van der Waals surface area contributed by atoms with Crippen molar-refractivity contribution >= 4 is 16.0 Å². The first-order valence-electron chi connectivity index (χ1n) is 11.7. The van der Waals surface area contributed by atoms with Crippen molar-refractivity contribution in [3.05, 3.63) is 23.8 Å². The molecule has 0 bridgehead atoms. The van der Waals surface area contributed by atoms with E-state index in [9.17, 15) is 18.3 Å². The lowest BCUT2D eigenvalue weighted by Crippen LogP contribution is -2.43. The van der Waals surface area contributed by atoms with Gasteiger partial charge in [0, 0.05) is 13.2 Å². The summed E-state index contributed by atoms with van der Waals surface area (Å²) in [5, 5.41) is 9.43. The van der Waals surface area contributed by atoms with Gasteiger partial charge in [0.2, 0.25) is 10.0 Å². The number of hydrogen-bond donors (Lipinski definition) is 1. The fourth-order valence-electron chi connectivity index (χ4n) is 4.67. The van der Waals surface area contributed by atoms with E-state index in [1.54, 1.807) is 39.0 Å². The third-order valence-electron chi connectivity index (χ3n) is 6.19. The Morgan fingerprint density at radius 1 is 1.16 bits per heavy atom. The number of hydrogen-bond acceptors (Lipinski definition) is 6. The molecule has 0 spiro atoms. The largest absolute Gasteiger partial charge is 0.489 e. The Labute approximate surface area is 192 Å². The van der Waals surface area contributed by atoms with E-state index in [0.29, 0.717) is 25.0 Å². The van der Waals surface area contributed by atoms with Crippen LogP contribution >= 0.6 is 0 Å². The van der Waals surface area contributed by atoms with Gasteiger partial charge in [-0.1, -0.05) is 12.5 Å². The van der Waals surface area contributed by atoms with Gasteiger partial charge in [-0.25, -0.2) is 8.42 Å². The molecule has 7 nitrogen and oxygen atoms in total. The standard InChI is InChI=1S/C24H37NO6S/c1-17-11-12-22(21(16-17)30-20-10-6-5-8-18(20)13-15-26)32(28,29)25-14-7-9-19(25)23(27)31-24(2,3)4/h11-12,16,18-20,26H,5-10,13-15H2,1-4H3/t18-,19-,20-/m0/s1. The van der Waals surface area contributed by atoms with E-state index in [4.69, 9.17) is 9.47 Å². The maximum atomic E-state index is 13.7. The molecule has 1 N–H and O–H groups in total. The molecule has 3 atom stereocenters. The van der Waals surface area contributed by atoms with Gasteiger partial charge in [0.15, 0.2) is 0 Å². The van der Waals surface area contributed by atoms with Gasteiger partial charge in [0.1, 0.15) is 28.4 Å². The quantitative estimate of drug-likeness (QED) is 0.613. The van der Waals surface area contributed by atoms with Crippen LogP contribution in [0.25, 0.3) is 0 Å². The van der Waals surface area contributed by atoms with Crippen LogP contribution < -0.4 is 4.74 Å². The second-order valence-electron chi connectivity index (χ2n) is 9.97. The number of aliphatic hydroxyl groups excluding tert-OH is 1. The molecule has 1 aromatic rings. The molecule has 1 saturated heterocycles. The zero-order chi connectivity index (χ0) is 23.5. The van der Waals surface area contributed by atoms with Gasteiger partial charge in [-0.2, -0.15) is 4.31 Å². The number of aryl methyl sites for hydroxylation is 1. The van der Waals surface area contributed by atoms with Gasteiger partial charge in [0.05, 0.1) is 0 Å². The molecule has 1 aromatic carbocycles. The first-order valence-corrected chi connectivity index (χ1v) is 13.1. The first kappa shape index (κ1) is 25.0. The Morgan fingerprint density at radius 3 is 2.56 bits per heavy atom. The van der Waals surface area contributed by atoms with Gasteiger partial charge in [-0.05, 0) is 89.8 Å². The monoisotopic (exact) mass is 467 g/mol. The molecule has 0 amide bonds. The maximum Gasteiger partial charge on any atom is 0.324 e. The second kappa shape index (κ2) is 10.1. The van der Waals surface area contributed by atoms with Crippen LogP contribution in [0.3, 0.4) is 0 Å². The zero-order valence-electron chi connectivity index (χ0n) is 19.7. The Kier molecular flexibility index (Phi) is 7.89. The van der Waals surface area contributed by atoms with Crippen LogP contribution in [0, 0.1) is 12.8 Å². The Balaban J connectivity index is 1.90. The third kappa shape index (κ3) is 5.83. The molecular weight excluding hydrogens is 430 g/mol. The summed E-state index contributed by atoms with van der Waals surface area (Å²) in [6.07, 6.45) is 5.47. The highest BCUT2D eigenvalue weighted by atomic mass is 32.2. The third-order valence-corrected chi connectivity index (χ3v) is 8.13. The van der Waals surface area contributed by atoms with E-state index in [1.165, 1.54) is 4.31 Å². The number of carbonyl (C=O) groups excluding carboxylic acids is 1. The molecule has 1 saturated carbocycles. The molecule has 1 heterocycles. The number of sulfonamides is 1. The van der Waals surface area contributed by atoms with Gasteiger partial charge in [-0.15, -0.1) is 0 Å². The highest BCUT2D eigenvalue weighted by molar-refractivity contribution is 7.89. The average Bonchev–Trinajstić information content (AvgIpc) is 3.19. The molecular formula is C24H37NO6S. The SMILES string of the molecule is Cc1ccc(S(=O)(=O)N2CCC[C@H]2C(=O)OC(C)(C)C)c(O[C@H]2CCCC[C@H]2CCO)c1. The first-order chi connectivity index (χ1) is 15.0. The number of nitrogens with zero attached hydrogens (tertiary/aromatic N) is 1. The van der Waals surface area contributed by atoms with Crippen LogP contribution in [0.4, 0.5) is 0 Å². The van der Waals surface area contributed by atoms with Crippen LogP contribution in [0.2, 0.25) is 0 Å². The van der Waals surface area contributed by atoms with Crippen molar-refractivity contribution < 1.29 is 27.8 Å². The Bertz CT molecular complexity index is 906. The molecule has 0 radical (unpaired) electrons. The van der Waals surface area contributed by atoms with Crippen molar-refractivity contribution in [3.8, 4) is 5.75 Å². The summed E-state index contributed by atoms with van der Waals surface area (Å²) in [5.41, 5.74) is 0.217. The Morgan fingerprint density at radius 2 is 1.88 bits per heavy atom. The predicted octanol–water partition coefficient (Wildman–Crippen LogP) is 3.81. The number of carbonyl (C=O) groups is 1. The topological polar surface area (TPSA) is 93.1 Å². The molecule has 3 rings (SSSR count). The molecule has 8 heteroatoms. The van der Waals surface area contributed by atoms with E-state index in [0.717, 1.165) is 31.2 Å². The van der Waals surface area contributed by atoms with E-state index < -0.39 is 27.6 Å². The number of rotatable bonds is 7. The molecule has 2 aliphatic rings. The van der Waals surface area contributed by atoms with E-state index >= 15 is 0 Å². The highest BCUT2D eigenvalue weighted by Gasteiger charge is 2.43. The highest BCUT2D eigenvalue weighted by Crippen LogP contribution is 2.37. The predicted molar refractivity (Wildman–Crippen MR) is 122 cm³/mol. The van der Waals surface area contributed by atoms with Crippen LogP contribution in [-0.4, -0.2) is 54.7 Å². The molecule has 1 aliphatic heterocycles. The van der Waals surface area contributed by atoms with Crippen LogP contribution in [0.1, 0.15) is 71.3 Å². The number of aliphatic hydroxyl groups is 1. The van der Waals surface area contributed by atoms with Crippen molar-refractivity contribution in [2.24, 2.45) is 5.92 Å². The maximum absolute atomic E-state index is 13.7. The lowest BCUT2D eigenvalue weighted by Gasteiger charge is -2.33. The smallest absolute Gasteiger partial charge is 0.324 e. The van der Waals surface area contributed by atoms with Crippen molar-refractivity contribution in [1.29, 1.82) is 0 Å². The zero-order valence-corrected chi connectivity index (χ0v) is 20.5. The molecule has 0 aromatic heterocycles. The van der Waals surface area contributed by atoms with Gasteiger partial charge in [-0.3, -0.25) is 4.79 Å². The summed E-state index contributed by atoms with van der Waals surface area (Å²) in [6, 6.07) is 4.26. The number of esters is 1. The van der Waals surface area contributed by atoms with Crippen molar-refractivity contribution in [1.82, 2.24) is 4.31 Å². The van der Waals surface area contributed by atoms with Crippen molar-refractivity contribution in [3.63, 3.8) is 0 Å². The summed E-state index contributed by atoms with van der Waals surface area (Å²) in [7, 11) is -3.96. The van der Waals surface area contributed by atoms with Gasteiger partial charge < -0.3 is 14.6 Å². The molecule has 180 valence electrons. The molecule has 1 aliphatic carbocycles. The van der Waals surface area contributed by atoms with E-state index in [-0.39, 0.29) is 30.1 Å². The summed E-state index contributed by atoms with van der Waals surface area (Å²) in [4.78, 5) is 12.8. The lowest BCUT2D eigenvalue weighted by atomic mass is 9.84. The minimum Gasteiger partial charge on any atom is -0.489 e. The van der Waals surface area contributed by atoms with Crippen LogP contribution in [0.5, 0.6) is 5.75 Å². The fourth-order valence-corrected chi connectivity index (χ4v) is 6.42. The van der Waals surface area contributed by atoms with Crippen LogP contribution in [-0.2, 0) is 19.6 Å². The molecule has 2 fully saturated rings. The normalized spacial score (nSPS) is 25.0. The van der Waals surface area contributed by atoms with Crippen LogP contribution in [0.15, 0.2) is 23.1 Å². The van der Waals surface area contributed by atoms with E-state index in [2.05, 4.69) is 0 Å². The molecule has 32 heavy (non-hydrogen) atoms. The minimum atomic E-state index is -3.96. The summed E-state index contributed by atoms with van der Waals surface area (Å²) in [6.45, 7) is 7.59. The minimum absolute atomic E-state index is 0.0897. The fraction of sp³-hybridized carbons (Fsp3) is 0.708. The molecule has 0 unspecified atom stereocenters. The lowest BCUT2D eigenvalue weighted by molar-refractivity contribution is -0.158. The van der Waals surface area contributed by atoms with Crippen molar-refractivity contribution in [2.75, 3.05) is 13.2 Å².